The van der Waals surface area contributed by atoms with Crippen molar-refractivity contribution in [1.82, 2.24) is 0 Å². The second-order valence-electron chi connectivity index (χ2n) is 5.04. The molecule has 0 radical (unpaired) electrons. The molecule has 0 saturated heterocycles. The van der Waals surface area contributed by atoms with Crippen LogP contribution in [0.15, 0.2) is 78.9 Å². The fraction of sp³-hybridized carbons (Fsp3) is 0. The monoisotopic (exact) mass is 351 g/mol. The first-order valence-electron chi connectivity index (χ1n) is 7.10. The maximum atomic E-state index is 13.1. The van der Waals surface area contributed by atoms with Crippen LogP contribution < -0.4 is 13.8 Å². The summed E-state index contributed by atoms with van der Waals surface area (Å²) in [5, 5.41) is 0. The van der Waals surface area contributed by atoms with Crippen LogP contribution >= 0.6 is 0 Å². The minimum absolute atomic E-state index is 0.0241. The number of carbonyl (C=O) groups excluding carboxylic acids is 1. The second kappa shape index (κ2) is 5.45. The number of para-hydroxylation sites is 2. The molecule has 1 aliphatic rings. The zero-order valence-corrected chi connectivity index (χ0v) is 13.5. The van der Waals surface area contributed by atoms with Crippen LogP contribution in [-0.2, 0) is 0 Å². The van der Waals surface area contributed by atoms with Gasteiger partial charge in [-0.1, -0.05) is 0 Å². The summed E-state index contributed by atoms with van der Waals surface area (Å²) in [6.45, 7) is 0. The van der Waals surface area contributed by atoms with Crippen LogP contribution in [0.5, 0.6) is 0 Å². The van der Waals surface area contributed by atoms with Crippen molar-refractivity contribution < 1.29 is 4.79 Å². The van der Waals surface area contributed by atoms with E-state index in [1.807, 2.05) is 71.6 Å². The Morgan fingerprint density at radius 2 is 1.18 bits per heavy atom. The topological polar surface area (TPSA) is 20.3 Å². The first-order chi connectivity index (χ1) is 10.8. The number of anilines is 2. The molecule has 22 heavy (non-hydrogen) atoms. The van der Waals surface area contributed by atoms with Crippen molar-refractivity contribution in [1.29, 1.82) is 0 Å². The summed E-state index contributed by atoms with van der Waals surface area (Å²) < 4.78 is 2.50. The Labute approximate surface area is 135 Å². The summed E-state index contributed by atoms with van der Waals surface area (Å²) in [6.07, 6.45) is 0. The molecule has 0 bridgehead atoms. The van der Waals surface area contributed by atoms with E-state index in [1.165, 1.54) is 8.92 Å². The van der Waals surface area contributed by atoms with Gasteiger partial charge in [-0.25, -0.2) is 0 Å². The summed E-state index contributed by atoms with van der Waals surface area (Å²) in [6, 6.07) is 25.9. The van der Waals surface area contributed by atoms with E-state index in [0.717, 1.165) is 11.4 Å². The van der Waals surface area contributed by atoms with Crippen molar-refractivity contribution in [3.05, 3.63) is 84.4 Å². The Kier molecular flexibility index (Phi) is 3.30. The minimum atomic E-state index is 0.0241. The first-order valence-corrected chi connectivity index (χ1v) is 8.81. The number of fused-ring (bicyclic) bond motifs is 2. The quantitative estimate of drug-likeness (QED) is 0.618. The van der Waals surface area contributed by atoms with Gasteiger partial charge in [-0.2, -0.15) is 0 Å². The molecule has 0 aliphatic carbocycles. The average molecular weight is 350 g/mol. The maximum absolute atomic E-state index is 13.1. The van der Waals surface area contributed by atoms with Crippen LogP contribution in [-0.4, -0.2) is 20.9 Å². The zero-order valence-electron chi connectivity index (χ0n) is 11.8. The van der Waals surface area contributed by atoms with Crippen LogP contribution in [0.25, 0.3) is 0 Å². The van der Waals surface area contributed by atoms with Gasteiger partial charge in [-0.3, -0.25) is 0 Å². The second-order valence-corrected chi connectivity index (χ2v) is 7.32. The van der Waals surface area contributed by atoms with Crippen molar-refractivity contribution in [2.45, 2.75) is 0 Å². The van der Waals surface area contributed by atoms with E-state index in [9.17, 15) is 4.79 Å². The van der Waals surface area contributed by atoms with Gasteiger partial charge in [0, 0.05) is 0 Å². The third-order valence-corrected chi connectivity index (χ3v) is 6.03. The molecule has 3 aromatic carbocycles. The molecule has 1 amide bonds. The number of nitrogens with zero attached hydrogens (tertiary/aromatic N) is 1. The number of hydrogen-bond donors (Lipinski definition) is 0. The van der Waals surface area contributed by atoms with Gasteiger partial charge in [0.25, 0.3) is 0 Å². The Bertz CT molecular complexity index is 799. The fourth-order valence-electron chi connectivity index (χ4n) is 2.63. The van der Waals surface area contributed by atoms with Gasteiger partial charge < -0.3 is 0 Å². The van der Waals surface area contributed by atoms with E-state index in [0.29, 0.717) is 5.56 Å². The molecule has 1 heterocycles. The molecule has 2 nitrogen and oxygen atoms in total. The molecule has 0 spiro atoms. The number of rotatable bonds is 1. The van der Waals surface area contributed by atoms with Gasteiger partial charge in [0.2, 0.25) is 0 Å². The van der Waals surface area contributed by atoms with Crippen LogP contribution in [0, 0.1) is 0 Å². The van der Waals surface area contributed by atoms with E-state index < -0.39 is 0 Å². The van der Waals surface area contributed by atoms with Crippen molar-refractivity contribution >= 4 is 41.2 Å². The predicted octanol–water partition coefficient (Wildman–Crippen LogP) is 2.63. The average Bonchev–Trinajstić information content (AvgIpc) is 2.60. The standard InChI is InChI=1S/C19H13NOSe/c21-19(14-8-2-1-3-9-14)20-15-10-4-6-12-17(15)22-18-13-7-5-11-16(18)20/h1-13H. The van der Waals surface area contributed by atoms with E-state index in [2.05, 4.69) is 12.1 Å². The van der Waals surface area contributed by atoms with Gasteiger partial charge in [-0.15, -0.1) is 0 Å². The molecule has 4 rings (SSSR count). The van der Waals surface area contributed by atoms with Crippen LogP contribution in [0.2, 0.25) is 0 Å². The van der Waals surface area contributed by atoms with Crippen molar-refractivity contribution in [3.63, 3.8) is 0 Å². The molecule has 3 aromatic rings. The van der Waals surface area contributed by atoms with Crippen LogP contribution in [0.3, 0.4) is 0 Å². The van der Waals surface area contributed by atoms with Gasteiger partial charge >= 0.3 is 135 Å². The Hall–Kier alpha value is -2.35. The summed E-state index contributed by atoms with van der Waals surface area (Å²) in [5.41, 5.74) is 2.73. The van der Waals surface area contributed by atoms with E-state index in [4.69, 9.17) is 0 Å². The van der Waals surface area contributed by atoms with Gasteiger partial charge in [0.05, 0.1) is 0 Å². The molecule has 0 unspecified atom stereocenters. The SMILES string of the molecule is O=C(c1ccccc1)N1c2ccccc2[Se]c2ccccc21. The number of carbonyl (C=O) groups is 1. The van der Waals surface area contributed by atoms with Crippen molar-refractivity contribution in [3.8, 4) is 0 Å². The van der Waals surface area contributed by atoms with Crippen LogP contribution in [0.1, 0.15) is 10.4 Å². The third kappa shape index (κ3) is 2.15. The molecule has 106 valence electrons. The van der Waals surface area contributed by atoms with Gasteiger partial charge in [-0.05, 0) is 0 Å². The Balaban J connectivity index is 1.90. The summed E-state index contributed by atoms with van der Waals surface area (Å²) in [7, 11) is 0. The molecular formula is C19H13NOSe. The van der Waals surface area contributed by atoms with Crippen molar-refractivity contribution in [2.24, 2.45) is 0 Å². The third-order valence-electron chi connectivity index (χ3n) is 3.66. The van der Waals surface area contributed by atoms with Gasteiger partial charge in [0.15, 0.2) is 0 Å². The molecule has 3 heteroatoms. The molecule has 0 aromatic heterocycles. The zero-order chi connectivity index (χ0) is 14.9. The predicted molar refractivity (Wildman–Crippen MR) is 90.8 cm³/mol. The molecular weight excluding hydrogens is 337 g/mol. The molecule has 0 saturated carbocycles. The molecule has 0 N–H and O–H groups in total. The normalized spacial score (nSPS) is 12.5. The van der Waals surface area contributed by atoms with E-state index >= 15 is 0 Å². The fourth-order valence-corrected chi connectivity index (χ4v) is 4.85. The summed E-state index contributed by atoms with van der Waals surface area (Å²) in [5.74, 6) is 0.0241. The molecule has 0 atom stereocenters. The molecule has 1 aliphatic heterocycles. The molecule has 0 fully saturated rings. The number of hydrogen-bond acceptors (Lipinski definition) is 1. The van der Waals surface area contributed by atoms with Gasteiger partial charge in [0.1, 0.15) is 0 Å². The van der Waals surface area contributed by atoms with Crippen molar-refractivity contribution in [2.75, 3.05) is 4.90 Å². The summed E-state index contributed by atoms with van der Waals surface area (Å²) >= 11 is 0.237. The number of benzene rings is 3. The Morgan fingerprint density at radius 3 is 1.77 bits per heavy atom. The number of amides is 1. The van der Waals surface area contributed by atoms with E-state index in [-0.39, 0.29) is 20.9 Å². The summed E-state index contributed by atoms with van der Waals surface area (Å²) in [4.78, 5) is 14.9. The van der Waals surface area contributed by atoms with Crippen LogP contribution in [0.4, 0.5) is 11.4 Å². The first kappa shape index (κ1) is 13.3. The van der Waals surface area contributed by atoms with E-state index in [1.54, 1.807) is 0 Å². The Morgan fingerprint density at radius 1 is 0.682 bits per heavy atom.